The Kier molecular flexibility index (Phi) is 3.82. The maximum atomic E-state index is 6.06. The number of benzene rings is 1. The second-order valence-electron chi connectivity index (χ2n) is 3.56. The zero-order chi connectivity index (χ0) is 12.4. The van der Waals surface area contributed by atoms with Crippen LogP contribution in [-0.4, -0.2) is 4.98 Å². The van der Waals surface area contributed by atoms with Crippen molar-refractivity contribution in [3.8, 4) is 0 Å². The number of hydrogen-bond donors (Lipinski definition) is 1. The van der Waals surface area contributed by atoms with Crippen LogP contribution in [0.25, 0.3) is 0 Å². The Hall–Kier alpha value is -0.900. The van der Waals surface area contributed by atoms with Crippen LogP contribution in [0.15, 0.2) is 40.3 Å². The summed E-state index contributed by atoms with van der Waals surface area (Å²) in [7, 11) is 0. The molecule has 5 heteroatoms. The average molecular weight is 285 g/mol. The van der Waals surface area contributed by atoms with Gasteiger partial charge in [0.2, 0.25) is 0 Å². The quantitative estimate of drug-likeness (QED) is 0.887. The van der Waals surface area contributed by atoms with Crippen molar-refractivity contribution in [3.63, 3.8) is 0 Å². The Morgan fingerprint density at radius 2 is 1.76 bits per heavy atom. The molecule has 0 spiro atoms. The molecule has 0 saturated carbocycles. The number of nitrogens with two attached hydrogens (primary N) is 1. The van der Waals surface area contributed by atoms with E-state index >= 15 is 0 Å². The maximum Gasteiger partial charge on any atom is 0.143 e. The summed E-state index contributed by atoms with van der Waals surface area (Å²) < 4.78 is 0. The minimum atomic E-state index is 0.297. The Labute approximate surface area is 114 Å². The Morgan fingerprint density at radius 3 is 2.41 bits per heavy atom. The lowest BCUT2D eigenvalue weighted by Gasteiger charge is -2.06. The number of hydrogen-bond acceptors (Lipinski definition) is 3. The molecule has 1 aromatic carbocycles. The van der Waals surface area contributed by atoms with Gasteiger partial charge in [0.05, 0.1) is 10.0 Å². The monoisotopic (exact) mass is 284 g/mol. The van der Waals surface area contributed by atoms with Gasteiger partial charge in [0, 0.05) is 4.90 Å². The molecule has 88 valence electrons. The predicted molar refractivity (Wildman–Crippen MR) is 74.0 cm³/mol. The van der Waals surface area contributed by atoms with Gasteiger partial charge in [0.25, 0.3) is 0 Å². The highest BCUT2D eigenvalue weighted by molar-refractivity contribution is 7.99. The summed E-state index contributed by atoms with van der Waals surface area (Å²) in [4.78, 5) is 5.23. The van der Waals surface area contributed by atoms with Crippen molar-refractivity contribution in [2.75, 3.05) is 5.73 Å². The normalized spacial score (nSPS) is 10.5. The fourth-order valence-corrected chi connectivity index (χ4v) is 2.52. The first-order valence-corrected chi connectivity index (χ1v) is 6.49. The highest BCUT2D eigenvalue weighted by atomic mass is 35.5. The fourth-order valence-electron chi connectivity index (χ4n) is 1.25. The number of rotatable bonds is 2. The zero-order valence-electron chi connectivity index (χ0n) is 9.08. The van der Waals surface area contributed by atoms with Crippen molar-refractivity contribution in [2.45, 2.75) is 16.8 Å². The molecule has 1 heterocycles. The van der Waals surface area contributed by atoms with Gasteiger partial charge in [-0.2, -0.15) is 0 Å². The first kappa shape index (κ1) is 12.6. The second kappa shape index (κ2) is 5.17. The van der Waals surface area contributed by atoms with E-state index in [1.165, 1.54) is 17.3 Å². The number of anilines is 1. The largest absolute Gasteiger partial charge is 0.382 e. The van der Waals surface area contributed by atoms with Crippen LogP contribution >= 0.6 is 35.0 Å². The Morgan fingerprint density at radius 1 is 1.12 bits per heavy atom. The first-order valence-electron chi connectivity index (χ1n) is 4.92. The lowest BCUT2D eigenvalue weighted by atomic mass is 10.2. The number of pyridine rings is 1. The fraction of sp³-hybridized carbons (Fsp3) is 0.0833. The molecule has 2 aromatic rings. The maximum absolute atomic E-state index is 6.06. The molecule has 0 unspecified atom stereocenters. The van der Waals surface area contributed by atoms with Gasteiger partial charge >= 0.3 is 0 Å². The molecule has 0 atom stereocenters. The smallest absolute Gasteiger partial charge is 0.143 e. The number of nitrogen functional groups attached to an aromatic ring is 1. The third-order valence-corrected chi connectivity index (χ3v) is 3.88. The van der Waals surface area contributed by atoms with E-state index in [1.807, 2.05) is 31.2 Å². The van der Waals surface area contributed by atoms with Gasteiger partial charge < -0.3 is 5.73 Å². The zero-order valence-corrected chi connectivity index (χ0v) is 11.4. The Bertz CT molecular complexity index is 541. The van der Waals surface area contributed by atoms with Crippen molar-refractivity contribution in [1.29, 1.82) is 0 Å². The van der Waals surface area contributed by atoms with Gasteiger partial charge in [-0.25, -0.2) is 4.98 Å². The predicted octanol–water partition coefficient (Wildman–Crippen LogP) is 4.43. The van der Waals surface area contributed by atoms with E-state index in [4.69, 9.17) is 28.9 Å². The molecule has 2 N–H and O–H groups in total. The van der Waals surface area contributed by atoms with Crippen molar-refractivity contribution < 1.29 is 0 Å². The number of aromatic nitrogens is 1. The number of nitrogens with zero attached hydrogens (tertiary/aromatic N) is 1. The van der Waals surface area contributed by atoms with Gasteiger partial charge in [-0.1, -0.05) is 52.7 Å². The van der Waals surface area contributed by atoms with Crippen LogP contribution in [0.4, 0.5) is 5.82 Å². The minimum Gasteiger partial charge on any atom is -0.382 e. The first-order chi connectivity index (χ1) is 8.06. The number of aryl methyl sites for hydroxylation is 1. The molecule has 0 aliphatic heterocycles. The standard InChI is InChI=1S/C12H10Cl2N2S/c1-7-2-4-8(5-3-7)17-12-10(14)6-9(13)11(15)16-12/h2-6H,1H3,(H2,15,16). The third-order valence-electron chi connectivity index (χ3n) is 2.16. The molecule has 2 rings (SSSR count). The molecule has 0 aliphatic carbocycles. The van der Waals surface area contributed by atoms with Crippen LogP contribution < -0.4 is 5.73 Å². The summed E-state index contributed by atoms with van der Waals surface area (Å²) in [6.45, 7) is 2.04. The molecule has 2 nitrogen and oxygen atoms in total. The summed E-state index contributed by atoms with van der Waals surface area (Å²) in [5.41, 5.74) is 6.86. The summed E-state index contributed by atoms with van der Waals surface area (Å²) >= 11 is 13.4. The van der Waals surface area contributed by atoms with Crippen LogP contribution in [0.2, 0.25) is 10.0 Å². The lowest BCUT2D eigenvalue weighted by molar-refractivity contribution is 1.14. The van der Waals surface area contributed by atoms with Crippen molar-refractivity contribution in [2.24, 2.45) is 0 Å². The van der Waals surface area contributed by atoms with Crippen LogP contribution in [0.1, 0.15) is 5.56 Å². The molecular formula is C12H10Cl2N2S. The van der Waals surface area contributed by atoms with E-state index in [-0.39, 0.29) is 0 Å². The van der Waals surface area contributed by atoms with Gasteiger partial charge in [-0.15, -0.1) is 0 Å². The summed E-state index contributed by atoms with van der Waals surface area (Å²) in [5.74, 6) is 0.297. The van der Waals surface area contributed by atoms with E-state index in [2.05, 4.69) is 4.98 Å². The molecule has 0 bridgehead atoms. The lowest BCUT2D eigenvalue weighted by Crippen LogP contribution is -1.93. The third kappa shape index (κ3) is 3.06. The topological polar surface area (TPSA) is 38.9 Å². The van der Waals surface area contributed by atoms with Crippen molar-refractivity contribution in [3.05, 3.63) is 45.9 Å². The second-order valence-corrected chi connectivity index (χ2v) is 5.43. The summed E-state index contributed by atoms with van der Waals surface area (Å²) in [6, 6.07) is 9.72. The van der Waals surface area contributed by atoms with E-state index < -0.39 is 0 Å². The highest BCUT2D eigenvalue weighted by Gasteiger charge is 2.08. The minimum absolute atomic E-state index is 0.297. The summed E-state index contributed by atoms with van der Waals surface area (Å²) in [6.07, 6.45) is 0. The average Bonchev–Trinajstić information content (AvgIpc) is 2.29. The molecular weight excluding hydrogens is 275 g/mol. The molecule has 1 aromatic heterocycles. The van der Waals surface area contributed by atoms with Crippen molar-refractivity contribution >= 4 is 40.8 Å². The molecule has 17 heavy (non-hydrogen) atoms. The van der Waals surface area contributed by atoms with E-state index in [0.29, 0.717) is 20.9 Å². The molecule has 0 radical (unpaired) electrons. The van der Waals surface area contributed by atoms with Crippen molar-refractivity contribution in [1.82, 2.24) is 4.98 Å². The summed E-state index contributed by atoms with van der Waals surface area (Å²) in [5, 5.41) is 1.55. The van der Waals surface area contributed by atoms with Gasteiger partial charge in [-0.3, -0.25) is 0 Å². The van der Waals surface area contributed by atoms with Crippen LogP contribution in [0.3, 0.4) is 0 Å². The van der Waals surface area contributed by atoms with Gasteiger partial charge in [0.1, 0.15) is 10.8 Å². The van der Waals surface area contributed by atoms with Gasteiger partial charge in [0.15, 0.2) is 0 Å². The number of halogens is 2. The molecule has 0 amide bonds. The van der Waals surface area contributed by atoms with Gasteiger partial charge in [-0.05, 0) is 25.1 Å². The van der Waals surface area contributed by atoms with E-state index in [0.717, 1.165) is 4.90 Å². The molecule has 0 fully saturated rings. The van der Waals surface area contributed by atoms with E-state index in [1.54, 1.807) is 6.07 Å². The Balaban J connectivity index is 2.30. The SMILES string of the molecule is Cc1ccc(Sc2nc(N)c(Cl)cc2Cl)cc1. The van der Waals surface area contributed by atoms with Crippen LogP contribution in [-0.2, 0) is 0 Å². The van der Waals surface area contributed by atoms with E-state index in [9.17, 15) is 0 Å². The molecule has 0 aliphatic rings. The van der Waals surface area contributed by atoms with Crippen LogP contribution in [0, 0.1) is 6.92 Å². The van der Waals surface area contributed by atoms with Crippen LogP contribution in [0.5, 0.6) is 0 Å². The highest BCUT2D eigenvalue weighted by Crippen LogP contribution is 2.34. The molecule has 0 saturated heterocycles.